The van der Waals surface area contributed by atoms with Crippen LogP contribution < -0.4 is 15.4 Å². The van der Waals surface area contributed by atoms with E-state index in [1.54, 1.807) is 24.3 Å². The van der Waals surface area contributed by atoms with E-state index in [1.165, 1.54) is 7.11 Å². The average molecular weight is 326 g/mol. The number of sulfone groups is 1. The van der Waals surface area contributed by atoms with E-state index in [0.717, 1.165) is 0 Å². The van der Waals surface area contributed by atoms with Crippen LogP contribution in [0, 0.1) is 0 Å². The fourth-order valence-corrected chi connectivity index (χ4v) is 3.95. The van der Waals surface area contributed by atoms with Gasteiger partial charge in [0.1, 0.15) is 12.2 Å². The Labute approximate surface area is 129 Å². The first-order valence-electron chi connectivity index (χ1n) is 6.82. The maximum Gasteiger partial charge on any atom is 0.233 e. The molecular weight excluding hydrogens is 308 g/mol. The van der Waals surface area contributed by atoms with Crippen molar-refractivity contribution in [2.45, 2.75) is 18.9 Å². The highest BCUT2D eigenvalue weighted by molar-refractivity contribution is 7.91. The lowest BCUT2D eigenvalue weighted by atomic mass is 10.2. The summed E-state index contributed by atoms with van der Waals surface area (Å²) in [6, 6.07) is 6.46. The summed E-state index contributed by atoms with van der Waals surface area (Å²) >= 11 is 0. The van der Waals surface area contributed by atoms with Crippen LogP contribution in [0.2, 0.25) is 0 Å². The lowest BCUT2D eigenvalue weighted by molar-refractivity contribution is -0.127. The normalized spacial score (nSPS) is 19.4. The zero-order valence-corrected chi connectivity index (χ0v) is 13.0. The number of amides is 2. The van der Waals surface area contributed by atoms with Gasteiger partial charge in [-0.15, -0.1) is 0 Å². The van der Waals surface area contributed by atoms with Crippen molar-refractivity contribution in [3.63, 3.8) is 0 Å². The number of anilines is 1. The summed E-state index contributed by atoms with van der Waals surface area (Å²) in [5.74, 6) is -0.464. The van der Waals surface area contributed by atoms with Crippen LogP contribution in [0.25, 0.3) is 0 Å². The van der Waals surface area contributed by atoms with E-state index in [0.29, 0.717) is 17.9 Å². The molecule has 0 aliphatic carbocycles. The molecule has 2 amide bonds. The second-order valence-corrected chi connectivity index (χ2v) is 7.32. The molecule has 1 unspecified atom stereocenters. The van der Waals surface area contributed by atoms with Crippen LogP contribution in [0.5, 0.6) is 5.75 Å². The van der Waals surface area contributed by atoms with E-state index >= 15 is 0 Å². The van der Waals surface area contributed by atoms with Gasteiger partial charge in [-0.3, -0.25) is 9.59 Å². The molecule has 0 saturated carbocycles. The van der Waals surface area contributed by atoms with Crippen molar-refractivity contribution in [2.24, 2.45) is 0 Å². The van der Waals surface area contributed by atoms with Gasteiger partial charge in [0.05, 0.1) is 24.3 Å². The van der Waals surface area contributed by atoms with Crippen molar-refractivity contribution >= 4 is 27.3 Å². The molecule has 2 rings (SSSR count). The van der Waals surface area contributed by atoms with Gasteiger partial charge >= 0.3 is 0 Å². The highest BCUT2D eigenvalue weighted by Gasteiger charge is 2.29. The Bertz CT molecular complexity index is 672. The van der Waals surface area contributed by atoms with Gasteiger partial charge in [-0.1, -0.05) is 12.1 Å². The minimum atomic E-state index is -3.06. The van der Waals surface area contributed by atoms with Gasteiger partial charge in [0.25, 0.3) is 0 Å². The first-order chi connectivity index (χ1) is 10.4. The van der Waals surface area contributed by atoms with E-state index < -0.39 is 27.7 Å². The molecule has 1 atom stereocenters. The Morgan fingerprint density at radius 2 is 2.00 bits per heavy atom. The molecule has 120 valence electrons. The molecule has 1 saturated heterocycles. The highest BCUT2D eigenvalue weighted by Crippen LogP contribution is 2.23. The van der Waals surface area contributed by atoms with E-state index in [9.17, 15) is 18.0 Å². The molecule has 22 heavy (non-hydrogen) atoms. The van der Waals surface area contributed by atoms with Crippen LogP contribution in [0.3, 0.4) is 0 Å². The van der Waals surface area contributed by atoms with Crippen LogP contribution in [-0.4, -0.2) is 44.9 Å². The molecule has 2 N–H and O–H groups in total. The predicted octanol–water partition coefficient (Wildman–Crippen LogP) is 0.327. The largest absolute Gasteiger partial charge is 0.495 e. The molecule has 0 spiro atoms. The number of hydrogen-bond donors (Lipinski definition) is 2. The van der Waals surface area contributed by atoms with Crippen molar-refractivity contribution in [2.75, 3.05) is 23.9 Å². The number of para-hydroxylation sites is 2. The maximum absolute atomic E-state index is 11.8. The molecule has 1 aromatic rings. The highest BCUT2D eigenvalue weighted by atomic mass is 32.2. The SMILES string of the molecule is COc1ccccc1NC(=O)CC(=O)NC1CCS(=O)(=O)C1. The van der Waals surface area contributed by atoms with Crippen molar-refractivity contribution in [1.29, 1.82) is 0 Å². The lowest BCUT2D eigenvalue weighted by Crippen LogP contribution is -2.37. The quantitative estimate of drug-likeness (QED) is 0.759. The molecule has 1 heterocycles. The summed E-state index contributed by atoms with van der Waals surface area (Å²) in [6.07, 6.45) is 0.0246. The Morgan fingerprint density at radius 3 is 2.64 bits per heavy atom. The zero-order valence-electron chi connectivity index (χ0n) is 12.2. The van der Waals surface area contributed by atoms with Gasteiger partial charge in [-0.25, -0.2) is 8.42 Å². The lowest BCUT2D eigenvalue weighted by Gasteiger charge is -2.12. The number of benzene rings is 1. The predicted molar refractivity (Wildman–Crippen MR) is 81.4 cm³/mol. The molecule has 0 aromatic heterocycles. The van der Waals surface area contributed by atoms with Crippen LogP contribution in [-0.2, 0) is 19.4 Å². The summed E-state index contributed by atoms with van der Waals surface area (Å²) in [5.41, 5.74) is 0.478. The van der Waals surface area contributed by atoms with Crippen LogP contribution in [0.15, 0.2) is 24.3 Å². The number of ether oxygens (including phenoxy) is 1. The third-order valence-corrected chi connectivity index (χ3v) is 5.07. The smallest absolute Gasteiger partial charge is 0.233 e. The third kappa shape index (κ3) is 4.45. The number of carbonyl (C=O) groups is 2. The van der Waals surface area contributed by atoms with Crippen LogP contribution >= 0.6 is 0 Å². The number of rotatable bonds is 5. The van der Waals surface area contributed by atoms with Crippen LogP contribution in [0.1, 0.15) is 12.8 Å². The van der Waals surface area contributed by atoms with E-state index in [-0.39, 0.29) is 17.9 Å². The van der Waals surface area contributed by atoms with Gasteiger partial charge in [-0.2, -0.15) is 0 Å². The number of nitrogens with one attached hydrogen (secondary N) is 2. The first kappa shape index (κ1) is 16.3. The first-order valence-corrected chi connectivity index (χ1v) is 8.64. The monoisotopic (exact) mass is 326 g/mol. The van der Waals surface area contributed by atoms with Gasteiger partial charge in [0.2, 0.25) is 11.8 Å². The van der Waals surface area contributed by atoms with E-state index in [1.807, 2.05) is 0 Å². The van der Waals surface area contributed by atoms with E-state index in [2.05, 4.69) is 10.6 Å². The molecular formula is C14H18N2O5S. The molecule has 1 aliphatic rings. The second kappa shape index (κ2) is 6.78. The number of methoxy groups -OCH3 is 1. The Hall–Kier alpha value is -2.09. The fourth-order valence-electron chi connectivity index (χ4n) is 2.28. The maximum atomic E-state index is 11.8. The molecule has 0 bridgehead atoms. The van der Waals surface area contributed by atoms with Crippen molar-refractivity contribution in [3.8, 4) is 5.75 Å². The fraction of sp³-hybridized carbons (Fsp3) is 0.429. The van der Waals surface area contributed by atoms with Crippen molar-refractivity contribution in [1.82, 2.24) is 5.32 Å². The molecule has 1 fully saturated rings. The Kier molecular flexibility index (Phi) is 5.02. The number of carbonyl (C=O) groups excluding carboxylic acids is 2. The van der Waals surface area contributed by atoms with E-state index in [4.69, 9.17) is 4.74 Å². The summed E-state index contributed by atoms with van der Waals surface area (Å²) in [6.45, 7) is 0. The van der Waals surface area contributed by atoms with Gasteiger partial charge in [0.15, 0.2) is 9.84 Å². The summed E-state index contributed by atoms with van der Waals surface area (Å²) < 4.78 is 27.7. The molecule has 8 heteroatoms. The van der Waals surface area contributed by atoms with Gasteiger partial charge in [0, 0.05) is 6.04 Å². The number of hydrogen-bond acceptors (Lipinski definition) is 5. The van der Waals surface area contributed by atoms with Crippen molar-refractivity contribution in [3.05, 3.63) is 24.3 Å². The molecule has 0 radical (unpaired) electrons. The van der Waals surface area contributed by atoms with Gasteiger partial charge in [-0.05, 0) is 18.6 Å². The second-order valence-electron chi connectivity index (χ2n) is 5.09. The molecule has 7 nitrogen and oxygen atoms in total. The summed E-state index contributed by atoms with van der Waals surface area (Å²) in [4.78, 5) is 23.6. The standard InChI is InChI=1S/C14H18N2O5S/c1-21-12-5-3-2-4-11(12)16-14(18)8-13(17)15-10-6-7-22(19,20)9-10/h2-5,10H,6-9H2,1H3,(H,15,17)(H,16,18). The molecule has 1 aliphatic heterocycles. The third-order valence-electron chi connectivity index (χ3n) is 3.30. The average Bonchev–Trinajstić information content (AvgIpc) is 2.78. The minimum Gasteiger partial charge on any atom is -0.495 e. The summed E-state index contributed by atoms with van der Waals surface area (Å²) in [5, 5.41) is 5.16. The van der Waals surface area contributed by atoms with Gasteiger partial charge < -0.3 is 15.4 Å². The Morgan fingerprint density at radius 1 is 1.27 bits per heavy atom. The minimum absolute atomic E-state index is 0.0626. The van der Waals surface area contributed by atoms with Crippen molar-refractivity contribution < 1.29 is 22.7 Å². The molecule has 1 aromatic carbocycles. The summed E-state index contributed by atoms with van der Waals surface area (Å²) in [7, 11) is -1.57. The van der Waals surface area contributed by atoms with Crippen LogP contribution in [0.4, 0.5) is 5.69 Å². The topological polar surface area (TPSA) is 102 Å². The Balaban J connectivity index is 1.85. The zero-order chi connectivity index (χ0) is 16.2.